The van der Waals surface area contributed by atoms with Gasteiger partial charge >= 0.3 is 0 Å². The van der Waals surface area contributed by atoms with E-state index in [9.17, 15) is 0 Å². The molecule has 1 aliphatic rings. The van der Waals surface area contributed by atoms with Crippen LogP contribution in [0.5, 0.6) is 0 Å². The molecular formula is C12H20ClN3O. The Bertz CT molecular complexity index is 302. The van der Waals surface area contributed by atoms with E-state index in [2.05, 4.69) is 20.9 Å². The van der Waals surface area contributed by atoms with Gasteiger partial charge in [0.1, 0.15) is 0 Å². The molecule has 0 amide bonds. The van der Waals surface area contributed by atoms with E-state index in [1.54, 1.807) is 0 Å². The molecule has 17 heavy (non-hydrogen) atoms. The summed E-state index contributed by atoms with van der Waals surface area (Å²) in [6.07, 6.45) is 3.74. The van der Waals surface area contributed by atoms with Crippen molar-refractivity contribution in [1.29, 1.82) is 0 Å². The fourth-order valence-corrected chi connectivity index (χ4v) is 2.06. The molecule has 2 rings (SSSR count). The second-order valence-electron chi connectivity index (χ2n) is 4.20. The van der Waals surface area contributed by atoms with Gasteiger partial charge in [0.2, 0.25) is 0 Å². The van der Waals surface area contributed by atoms with Crippen LogP contribution in [0.25, 0.3) is 0 Å². The highest BCUT2D eigenvalue weighted by Gasteiger charge is 2.15. The van der Waals surface area contributed by atoms with Gasteiger partial charge in [-0.05, 0) is 11.6 Å². The molecule has 0 aromatic carbocycles. The molecule has 5 heteroatoms. The largest absolute Gasteiger partial charge is 0.395 e. The summed E-state index contributed by atoms with van der Waals surface area (Å²) in [6, 6.07) is 4.10. The topological polar surface area (TPSA) is 39.6 Å². The van der Waals surface area contributed by atoms with Crippen LogP contribution >= 0.6 is 12.4 Å². The number of rotatable bonds is 4. The highest BCUT2D eigenvalue weighted by molar-refractivity contribution is 5.85. The van der Waals surface area contributed by atoms with Crippen LogP contribution in [-0.4, -0.2) is 59.2 Å². The summed E-state index contributed by atoms with van der Waals surface area (Å²) in [6.45, 7) is 6.33. The maximum absolute atomic E-state index is 8.86. The second kappa shape index (κ2) is 7.61. The normalized spacial score (nSPS) is 17.7. The first kappa shape index (κ1) is 14.4. The van der Waals surface area contributed by atoms with Crippen LogP contribution in [0.1, 0.15) is 5.56 Å². The summed E-state index contributed by atoms with van der Waals surface area (Å²) in [5.41, 5.74) is 1.28. The fraction of sp³-hybridized carbons (Fsp3) is 0.583. The molecule has 0 aliphatic carbocycles. The van der Waals surface area contributed by atoms with E-state index in [0.717, 1.165) is 39.3 Å². The highest BCUT2D eigenvalue weighted by atomic mass is 35.5. The number of piperazine rings is 1. The van der Waals surface area contributed by atoms with Crippen LogP contribution in [0.4, 0.5) is 0 Å². The Morgan fingerprint density at radius 3 is 2.47 bits per heavy atom. The van der Waals surface area contributed by atoms with Crippen LogP contribution in [0.15, 0.2) is 24.5 Å². The van der Waals surface area contributed by atoms with Crippen molar-refractivity contribution in [2.45, 2.75) is 6.54 Å². The van der Waals surface area contributed by atoms with Gasteiger partial charge in [0, 0.05) is 51.7 Å². The molecule has 0 bridgehead atoms. The number of pyridine rings is 1. The van der Waals surface area contributed by atoms with Crippen molar-refractivity contribution in [1.82, 2.24) is 14.8 Å². The third-order valence-corrected chi connectivity index (χ3v) is 3.01. The molecule has 0 atom stereocenters. The Balaban J connectivity index is 0.00000144. The zero-order valence-corrected chi connectivity index (χ0v) is 10.8. The molecule has 2 heterocycles. The summed E-state index contributed by atoms with van der Waals surface area (Å²) in [5.74, 6) is 0. The van der Waals surface area contributed by atoms with Crippen LogP contribution in [0, 0.1) is 0 Å². The number of aromatic nitrogens is 1. The fourth-order valence-electron chi connectivity index (χ4n) is 2.06. The Morgan fingerprint density at radius 2 is 1.88 bits per heavy atom. The molecule has 1 aromatic heterocycles. The summed E-state index contributed by atoms with van der Waals surface area (Å²) in [7, 11) is 0. The van der Waals surface area contributed by atoms with Gasteiger partial charge in [0.05, 0.1) is 6.61 Å². The number of hydrogen-bond acceptors (Lipinski definition) is 4. The molecule has 1 saturated heterocycles. The van der Waals surface area contributed by atoms with Gasteiger partial charge in [-0.1, -0.05) is 6.07 Å². The standard InChI is InChI=1S/C12H19N3O.ClH/c16-9-8-14-4-6-15(7-5-14)11-12-2-1-3-13-10-12;/h1-3,10,16H,4-9,11H2;1H. The predicted molar refractivity (Wildman–Crippen MR) is 70.3 cm³/mol. The van der Waals surface area contributed by atoms with Crippen molar-refractivity contribution < 1.29 is 5.11 Å². The molecule has 96 valence electrons. The molecule has 0 unspecified atom stereocenters. The van der Waals surface area contributed by atoms with Crippen molar-refractivity contribution >= 4 is 12.4 Å². The zero-order chi connectivity index (χ0) is 11.2. The van der Waals surface area contributed by atoms with Gasteiger partial charge in [-0.2, -0.15) is 0 Å². The predicted octanol–water partition coefficient (Wildman–Crippen LogP) is 0.613. The van der Waals surface area contributed by atoms with Crippen LogP contribution in [-0.2, 0) is 6.54 Å². The van der Waals surface area contributed by atoms with Gasteiger partial charge in [-0.15, -0.1) is 12.4 Å². The van der Waals surface area contributed by atoms with Gasteiger partial charge in [-0.25, -0.2) is 0 Å². The molecule has 1 N–H and O–H groups in total. The first-order valence-electron chi connectivity index (χ1n) is 5.83. The first-order valence-corrected chi connectivity index (χ1v) is 5.83. The van der Waals surface area contributed by atoms with Crippen molar-refractivity contribution in [3.8, 4) is 0 Å². The van der Waals surface area contributed by atoms with Gasteiger partial charge < -0.3 is 5.11 Å². The summed E-state index contributed by atoms with van der Waals surface area (Å²) in [5, 5.41) is 8.86. The van der Waals surface area contributed by atoms with E-state index >= 15 is 0 Å². The Hall–Kier alpha value is -0.680. The number of aliphatic hydroxyl groups is 1. The lowest BCUT2D eigenvalue weighted by Gasteiger charge is -2.34. The molecule has 1 fully saturated rings. The SMILES string of the molecule is Cl.OCCN1CCN(Cc2cccnc2)CC1. The van der Waals surface area contributed by atoms with Crippen molar-refractivity contribution in [2.75, 3.05) is 39.3 Å². The minimum atomic E-state index is 0. The van der Waals surface area contributed by atoms with Crippen molar-refractivity contribution in [2.24, 2.45) is 0 Å². The zero-order valence-electron chi connectivity index (χ0n) is 9.96. The van der Waals surface area contributed by atoms with E-state index in [4.69, 9.17) is 5.11 Å². The van der Waals surface area contributed by atoms with E-state index in [1.165, 1.54) is 5.56 Å². The monoisotopic (exact) mass is 257 g/mol. The van der Waals surface area contributed by atoms with Gasteiger partial charge in [-0.3, -0.25) is 14.8 Å². The second-order valence-corrected chi connectivity index (χ2v) is 4.20. The molecular weight excluding hydrogens is 238 g/mol. The first-order chi connectivity index (χ1) is 7.88. The van der Waals surface area contributed by atoms with E-state index in [1.807, 2.05) is 18.5 Å². The van der Waals surface area contributed by atoms with Crippen molar-refractivity contribution in [3.05, 3.63) is 30.1 Å². The lowest BCUT2D eigenvalue weighted by Crippen LogP contribution is -2.46. The number of nitrogens with zero attached hydrogens (tertiary/aromatic N) is 3. The Labute approximate surface area is 109 Å². The molecule has 0 spiro atoms. The molecule has 1 aliphatic heterocycles. The average molecular weight is 258 g/mol. The summed E-state index contributed by atoms with van der Waals surface area (Å²) >= 11 is 0. The minimum absolute atomic E-state index is 0. The van der Waals surface area contributed by atoms with Crippen LogP contribution < -0.4 is 0 Å². The van der Waals surface area contributed by atoms with Crippen LogP contribution in [0.3, 0.4) is 0 Å². The van der Waals surface area contributed by atoms with Crippen molar-refractivity contribution in [3.63, 3.8) is 0 Å². The molecule has 0 saturated carbocycles. The maximum atomic E-state index is 8.86. The van der Waals surface area contributed by atoms with E-state index < -0.39 is 0 Å². The Kier molecular flexibility index (Phi) is 6.44. The number of halogens is 1. The van der Waals surface area contributed by atoms with E-state index in [-0.39, 0.29) is 19.0 Å². The van der Waals surface area contributed by atoms with Crippen LogP contribution in [0.2, 0.25) is 0 Å². The lowest BCUT2D eigenvalue weighted by atomic mass is 10.2. The lowest BCUT2D eigenvalue weighted by molar-refractivity contribution is 0.108. The summed E-state index contributed by atoms with van der Waals surface area (Å²) < 4.78 is 0. The summed E-state index contributed by atoms with van der Waals surface area (Å²) in [4.78, 5) is 8.87. The quantitative estimate of drug-likeness (QED) is 0.858. The highest BCUT2D eigenvalue weighted by Crippen LogP contribution is 2.06. The number of aliphatic hydroxyl groups excluding tert-OH is 1. The number of β-amino-alcohol motifs (C(OH)–C–C–N with tert-alkyl or cyclic N) is 1. The molecule has 1 aromatic rings. The van der Waals surface area contributed by atoms with Gasteiger partial charge in [0.25, 0.3) is 0 Å². The smallest absolute Gasteiger partial charge is 0.0558 e. The Morgan fingerprint density at radius 1 is 1.18 bits per heavy atom. The third-order valence-electron chi connectivity index (χ3n) is 3.01. The number of hydrogen-bond donors (Lipinski definition) is 1. The average Bonchev–Trinajstić information content (AvgIpc) is 2.33. The molecule has 4 nitrogen and oxygen atoms in total. The van der Waals surface area contributed by atoms with Gasteiger partial charge in [0.15, 0.2) is 0 Å². The maximum Gasteiger partial charge on any atom is 0.0558 e. The minimum Gasteiger partial charge on any atom is -0.395 e. The van der Waals surface area contributed by atoms with E-state index in [0.29, 0.717) is 0 Å². The third kappa shape index (κ3) is 4.60. The molecule has 0 radical (unpaired) electrons.